The van der Waals surface area contributed by atoms with Crippen molar-refractivity contribution in [3.8, 4) is 0 Å². The van der Waals surface area contributed by atoms with E-state index < -0.39 is 440 Å². The van der Waals surface area contributed by atoms with E-state index in [4.69, 9.17) is 99.5 Å². The lowest BCUT2D eigenvalue weighted by Crippen LogP contribution is -2.72. The largest absolute Gasteiger partial charge is 0.394 e. The van der Waals surface area contributed by atoms with E-state index in [2.05, 4.69) is 26.6 Å². The van der Waals surface area contributed by atoms with Crippen molar-refractivity contribution in [2.75, 3.05) is 72.7 Å². The standard InChI is InChI=1S/C76H127N5O56/c1-17(91)77-33-46(104)58(27(11-87)119-66(33)116)130-69-36(80-20(4)94)47(105)60(29(13-89)125-69)133-75-57(115)64(136-76-65(55(113)61(30(14-90)127-76)131-67-34(78-18(2)92)44(102)38(96)22(6-82)120-67)137-70-37(81-21(5)95)48(106)59(28(12-88)126-70)132-73-53(111)50(108)41(99)25(9-85)123-73)62(134-68-35(79-19(3)93)45(103)39(97)23(7-83)121-68)32(129-75)16-118-72-56(114)63(135-74-54(112)51(109)42(100)26(10-86)124-74)43(101)31(128-72)15-117-71-52(110)49(107)40(98)24(8-84)122-71/h22-76,82-90,96-116H,6-16H2,1-5H3,(H,77,91)(H,78,92)(H,79,93)(H,80,94)(H,81,95)/t22-,23-,24-,25-,26-,27-,28-,29-,30-,31-,32-,33-,34-,35-,36-,37-,38-,39-,40-,41+,42-,43-,44-,45-,46-,47-,48-,49+,50+,51+,52+,53-,54+,55+,56+,57+,58-,59-,60-,61-,62-,63+,64-,65+,66?,67+,68+,69+,70+,71+,72+,73+,74-,75+,76-/m1/s1. The topological polar surface area (TPSA) is 946 Å². The van der Waals surface area contributed by atoms with Gasteiger partial charge >= 0.3 is 0 Å². The Morgan fingerprint density at radius 1 is 0.190 bits per heavy atom. The lowest BCUT2D eigenvalue weighted by atomic mass is 9.93. The molecule has 0 aromatic carbocycles. The van der Waals surface area contributed by atoms with Gasteiger partial charge in [-0.2, -0.15) is 0 Å². The fourth-order valence-corrected chi connectivity index (χ4v) is 17.7. The lowest BCUT2D eigenvalue weighted by molar-refractivity contribution is -0.413. The van der Waals surface area contributed by atoms with Crippen molar-refractivity contribution in [1.82, 2.24) is 26.6 Å². The van der Waals surface area contributed by atoms with E-state index >= 15 is 0 Å². The molecule has 792 valence electrons. The highest BCUT2D eigenvalue weighted by molar-refractivity contribution is 5.75. The summed E-state index contributed by atoms with van der Waals surface area (Å²) in [6, 6.07) is -10.1. The molecular weight excluding hydrogens is 1880 g/mol. The molecule has 5 amide bonds. The second-order valence-corrected chi connectivity index (χ2v) is 34.6. The van der Waals surface area contributed by atoms with Gasteiger partial charge < -0.3 is 279 Å². The van der Waals surface area contributed by atoms with E-state index in [1.807, 2.05) is 0 Å². The molecule has 0 saturated carbocycles. The van der Waals surface area contributed by atoms with Crippen LogP contribution >= 0.6 is 0 Å². The lowest BCUT2D eigenvalue weighted by Gasteiger charge is -2.53. The van der Waals surface area contributed by atoms with E-state index in [0.717, 1.165) is 34.6 Å². The predicted molar refractivity (Wildman–Crippen MR) is 420 cm³/mol. The van der Waals surface area contributed by atoms with Crippen molar-refractivity contribution in [2.24, 2.45) is 0 Å². The van der Waals surface area contributed by atoms with E-state index in [0.29, 0.717) is 0 Å². The number of carbonyl (C=O) groups is 5. The third-order valence-corrected chi connectivity index (χ3v) is 25.0. The van der Waals surface area contributed by atoms with Crippen LogP contribution in [0.4, 0.5) is 0 Å². The molecule has 0 aromatic rings. The molecule has 0 aliphatic carbocycles. The summed E-state index contributed by atoms with van der Waals surface area (Å²) in [5.74, 6) is -5.00. The number of rotatable bonds is 36. The molecule has 11 saturated heterocycles. The summed E-state index contributed by atoms with van der Waals surface area (Å²) in [7, 11) is 0. The first-order valence-corrected chi connectivity index (χ1v) is 43.6. The van der Waals surface area contributed by atoms with Crippen LogP contribution in [0.1, 0.15) is 34.6 Å². The smallest absolute Gasteiger partial charge is 0.217 e. The Labute approximate surface area is 775 Å². The molecule has 11 aliphatic heterocycles. The monoisotopic (exact) mass is 2010 g/mol. The number of nitrogens with one attached hydrogen (secondary N) is 5. The number of aliphatic hydroxyl groups excluding tert-OH is 30. The van der Waals surface area contributed by atoms with E-state index in [1.165, 1.54) is 0 Å². The van der Waals surface area contributed by atoms with Crippen molar-refractivity contribution in [3.05, 3.63) is 0 Å². The van der Waals surface area contributed by atoms with Crippen LogP contribution < -0.4 is 26.6 Å². The third kappa shape index (κ3) is 25.2. The number of carbonyl (C=O) groups excluding carboxylic acids is 5. The summed E-state index contributed by atoms with van der Waals surface area (Å²) in [6.45, 7) is -8.78. The molecule has 61 heteroatoms. The predicted octanol–water partition coefficient (Wildman–Crippen LogP) is -24.3. The minimum absolute atomic E-state index is 0.850. The van der Waals surface area contributed by atoms with Crippen LogP contribution in [0.5, 0.6) is 0 Å². The Morgan fingerprint density at radius 3 is 0.803 bits per heavy atom. The molecular formula is C76H127N5O56. The van der Waals surface area contributed by atoms with E-state index in [-0.39, 0.29) is 0 Å². The Morgan fingerprint density at radius 2 is 0.423 bits per heavy atom. The maximum atomic E-state index is 13.7. The molecule has 0 radical (unpaired) electrons. The second-order valence-electron chi connectivity index (χ2n) is 34.6. The summed E-state index contributed by atoms with van der Waals surface area (Å²) >= 11 is 0. The van der Waals surface area contributed by atoms with Gasteiger partial charge in [-0.05, 0) is 0 Å². The zero-order chi connectivity index (χ0) is 101. The highest BCUT2D eigenvalue weighted by Crippen LogP contribution is 2.43. The van der Waals surface area contributed by atoms with Gasteiger partial charge in [0, 0.05) is 34.6 Å². The van der Waals surface area contributed by atoms with Gasteiger partial charge in [0.1, 0.15) is 268 Å². The molecule has 1 unspecified atom stereocenters. The van der Waals surface area contributed by atoms with Crippen molar-refractivity contribution < 1.29 is 277 Å². The van der Waals surface area contributed by atoms with Crippen molar-refractivity contribution in [2.45, 2.75) is 372 Å². The molecule has 11 rings (SSSR count). The summed E-state index contributed by atoms with van der Waals surface area (Å²) in [5.41, 5.74) is 0. The van der Waals surface area contributed by atoms with Gasteiger partial charge in [-0.25, -0.2) is 0 Å². The van der Waals surface area contributed by atoms with Crippen molar-refractivity contribution in [1.29, 1.82) is 0 Å². The fraction of sp³-hybridized carbons (Fsp3) is 0.934. The van der Waals surface area contributed by atoms with Gasteiger partial charge in [0.15, 0.2) is 69.2 Å². The van der Waals surface area contributed by atoms with Gasteiger partial charge in [-0.3, -0.25) is 24.0 Å². The Balaban J connectivity index is 1.07. The number of ether oxygens (including phenoxy) is 21. The SMILES string of the molecule is CC(=O)N[C@H]1[C@H](O[C@H]2[C@H](O)[C@@H](NC(C)=O)C(O)O[C@@H]2CO)O[C@H](CO)[C@@H](O[C@@H]2O[C@H](CO[C@H]3O[C@H](CO[C@H]4O[C@H](CO)[C@@H](O)[C@H](O)[C@@H]4O)[C@@H](O)[C@H](O[C@H]4O[C@H](CO)[C@@H](O)[C@H](O)[C@@H]4O)[C@@H]3O)[C@@H](O[C@@H]3O[C@H](CO)[C@@H](O)[C@H](O)[C@H]3NC(C)=O)[C@H](O[C@H]3O[C@H](CO)[C@@H](O[C@@H]4O[C@H](CO)[C@@H](O)[C@H](O)[C@H]4NC(C)=O)[C@H](O)[C@@H]3O[C@@H]3O[C@H](CO)[C@@H](O[C@@H]4O[C@H](CO)[C@H](O)[C@H](O)[C@H]4O)[C@H](O)[C@H]3NC(C)=O)[C@@H]2O)[C@@H]1O. The van der Waals surface area contributed by atoms with Gasteiger partial charge in [-0.1, -0.05) is 0 Å². The first kappa shape index (κ1) is 113. The third-order valence-electron chi connectivity index (χ3n) is 25.0. The number of aliphatic hydroxyl groups is 30. The molecule has 0 spiro atoms. The quantitative estimate of drug-likeness (QED) is 0.0277. The highest BCUT2D eigenvalue weighted by atomic mass is 16.8. The summed E-state index contributed by atoms with van der Waals surface area (Å²) in [5, 5.41) is 352. The number of hydrogen-bond donors (Lipinski definition) is 35. The maximum Gasteiger partial charge on any atom is 0.217 e. The van der Waals surface area contributed by atoms with Crippen LogP contribution in [0, 0.1) is 0 Å². The van der Waals surface area contributed by atoms with Crippen LogP contribution in [0.15, 0.2) is 0 Å². The first-order valence-electron chi connectivity index (χ1n) is 43.6. The van der Waals surface area contributed by atoms with Gasteiger partial charge in [0.05, 0.1) is 72.7 Å². The Bertz CT molecular complexity index is 3780. The molecule has 11 fully saturated rings. The second kappa shape index (κ2) is 49.5. The van der Waals surface area contributed by atoms with Crippen LogP contribution in [-0.4, -0.2) is 593 Å². The maximum absolute atomic E-state index is 13.7. The van der Waals surface area contributed by atoms with E-state index in [1.54, 1.807) is 0 Å². The van der Waals surface area contributed by atoms with Gasteiger partial charge in [-0.15, -0.1) is 0 Å². The van der Waals surface area contributed by atoms with Gasteiger partial charge in [0.2, 0.25) is 29.5 Å². The van der Waals surface area contributed by atoms with Crippen molar-refractivity contribution >= 4 is 29.5 Å². The average molecular weight is 2010 g/mol. The Hall–Kier alpha value is -4.69. The fourth-order valence-electron chi connectivity index (χ4n) is 17.7. The first-order chi connectivity index (χ1) is 64.8. The van der Waals surface area contributed by atoms with Crippen LogP contribution in [0.25, 0.3) is 0 Å². The zero-order valence-corrected chi connectivity index (χ0v) is 73.6. The highest BCUT2D eigenvalue weighted by Gasteiger charge is 2.64. The van der Waals surface area contributed by atoms with Crippen LogP contribution in [0.3, 0.4) is 0 Å². The zero-order valence-electron chi connectivity index (χ0n) is 73.6. The molecule has 0 aromatic heterocycles. The molecule has 61 nitrogen and oxygen atoms in total. The number of hydrogen-bond acceptors (Lipinski definition) is 56. The van der Waals surface area contributed by atoms with E-state index in [9.17, 15) is 177 Å². The summed E-state index contributed by atoms with van der Waals surface area (Å²) in [4.78, 5) is 65.5. The molecule has 35 N–H and O–H groups in total. The molecule has 11 heterocycles. The summed E-state index contributed by atoms with van der Waals surface area (Å²) in [6.07, 6.45) is -112. The molecule has 55 atom stereocenters. The number of amides is 5. The molecule has 137 heavy (non-hydrogen) atoms. The molecule has 11 aliphatic rings. The summed E-state index contributed by atoms with van der Waals surface area (Å²) < 4.78 is 128. The average Bonchev–Trinajstić information content (AvgIpc) is 0.753. The molecule has 0 bridgehead atoms. The van der Waals surface area contributed by atoms with Crippen molar-refractivity contribution in [3.63, 3.8) is 0 Å². The van der Waals surface area contributed by atoms with Crippen LogP contribution in [0.2, 0.25) is 0 Å². The minimum atomic E-state index is -2.90. The minimum Gasteiger partial charge on any atom is -0.394 e. The van der Waals surface area contributed by atoms with Crippen LogP contribution in [-0.2, 0) is 123 Å². The Kier molecular flexibility index (Phi) is 40.7. The van der Waals surface area contributed by atoms with Gasteiger partial charge in [0.25, 0.3) is 0 Å². The normalized spacial score (nSPS) is 48.9.